The van der Waals surface area contributed by atoms with Crippen LogP contribution < -0.4 is 0 Å². The molecule has 2 heterocycles. The average Bonchev–Trinajstić information content (AvgIpc) is 2.85. The van der Waals surface area contributed by atoms with Crippen LogP contribution >= 0.6 is 23.2 Å². The van der Waals surface area contributed by atoms with Crippen LogP contribution in [0.5, 0.6) is 0 Å². The lowest BCUT2D eigenvalue weighted by atomic mass is 10.1. The van der Waals surface area contributed by atoms with Crippen LogP contribution in [-0.2, 0) is 24.2 Å². The van der Waals surface area contributed by atoms with E-state index in [4.69, 9.17) is 27.9 Å². The summed E-state index contributed by atoms with van der Waals surface area (Å²) in [6.07, 6.45) is 0.406. The molecule has 0 fully saturated rings. The quantitative estimate of drug-likeness (QED) is 0.827. The lowest BCUT2D eigenvalue weighted by molar-refractivity contribution is 0.117. The number of amides is 1. The molecule has 7 heteroatoms. The van der Waals surface area contributed by atoms with Gasteiger partial charge in [-0.15, -0.1) is 0 Å². The summed E-state index contributed by atoms with van der Waals surface area (Å²) in [6.45, 7) is 3.64. The van der Waals surface area contributed by atoms with Crippen molar-refractivity contribution < 1.29 is 9.53 Å². The summed E-state index contributed by atoms with van der Waals surface area (Å²) in [6, 6.07) is 5.41. The highest BCUT2D eigenvalue weighted by Crippen LogP contribution is 2.26. The molecule has 0 radical (unpaired) electrons. The zero-order valence-electron chi connectivity index (χ0n) is 13.0. The van der Waals surface area contributed by atoms with Crippen LogP contribution in [0.2, 0.25) is 10.0 Å². The van der Waals surface area contributed by atoms with Gasteiger partial charge in [-0.1, -0.05) is 23.2 Å². The smallest absolute Gasteiger partial charge is 0.409 e. The molecule has 1 aliphatic heterocycles. The number of halogens is 2. The van der Waals surface area contributed by atoms with Crippen molar-refractivity contribution in [3.8, 4) is 0 Å². The first-order valence-corrected chi connectivity index (χ1v) is 8.07. The van der Waals surface area contributed by atoms with E-state index >= 15 is 0 Å². The molecule has 0 atom stereocenters. The maximum atomic E-state index is 11.8. The first-order chi connectivity index (χ1) is 11.0. The summed E-state index contributed by atoms with van der Waals surface area (Å²) in [7, 11) is 1.39. The number of ether oxygens (including phenoxy) is 1. The van der Waals surface area contributed by atoms with Gasteiger partial charge in [0.15, 0.2) is 0 Å². The Balaban J connectivity index is 1.94. The van der Waals surface area contributed by atoms with Crippen molar-refractivity contribution in [2.75, 3.05) is 13.7 Å². The summed E-state index contributed by atoms with van der Waals surface area (Å²) in [4.78, 5) is 18.1. The molecule has 5 nitrogen and oxygen atoms in total. The van der Waals surface area contributed by atoms with Crippen molar-refractivity contribution in [1.82, 2.24) is 14.5 Å². The van der Waals surface area contributed by atoms with E-state index in [1.807, 2.05) is 13.0 Å². The van der Waals surface area contributed by atoms with Gasteiger partial charge in [-0.3, -0.25) is 0 Å². The van der Waals surface area contributed by atoms with Crippen LogP contribution in [0.4, 0.5) is 4.79 Å². The molecule has 0 aliphatic carbocycles. The molecule has 3 rings (SSSR count). The summed E-state index contributed by atoms with van der Waals surface area (Å²) in [5.74, 6) is 0.901. The number of carbonyl (C=O) groups excluding carboxylic acids is 1. The number of aryl methyl sites for hydroxylation is 1. The predicted octanol–water partition coefficient (Wildman–Crippen LogP) is 3.67. The topological polar surface area (TPSA) is 47.4 Å². The first kappa shape index (κ1) is 16.1. The van der Waals surface area contributed by atoms with Gasteiger partial charge in [-0.2, -0.15) is 0 Å². The van der Waals surface area contributed by atoms with Crippen molar-refractivity contribution in [3.05, 3.63) is 51.0 Å². The molecule has 2 aromatic rings. The molecule has 1 aliphatic rings. The Hall–Kier alpha value is -1.72. The second-order valence-corrected chi connectivity index (χ2v) is 6.36. The zero-order chi connectivity index (χ0) is 16.6. The predicted molar refractivity (Wildman–Crippen MR) is 89.0 cm³/mol. The molecule has 1 aromatic heterocycles. The number of hydrogen-bond acceptors (Lipinski definition) is 3. The molecule has 0 unspecified atom stereocenters. The van der Waals surface area contributed by atoms with Gasteiger partial charge in [-0.05, 0) is 30.7 Å². The van der Waals surface area contributed by atoms with Crippen LogP contribution in [0.25, 0.3) is 0 Å². The van der Waals surface area contributed by atoms with Gasteiger partial charge >= 0.3 is 6.09 Å². The highest BCUT2D eigenvalue weighted by molar-refractivity contribution is 6.33. The van der Waals surface area contributed by atoms with Crippen molar-refractivity contribution in [2.24, 2.45) is 0 Å². The molecule has 0 bridgehead atoms. The van der Waals surface area contributed by atoms with E-state index in [1.165, 1.54) is 7.11 Å². The van der Waals surface area contributed by atoms with Gasteiger partial charge in [0.25, 0.3) is 0 Å². The second kappa shape index (κ2) is 6.42. The number of hydrogen-bond donors (Lipinski definition) is 0. The third kappa shape index (κ3) is 3.16. The van der Waals surface area contributed by atoms with E-state index < -0.39 is 0 Å². The van der Waals surface area contributed by atoms with Crippen molar-refractivity contribution in [3.63, 3.8) is 0 Å². The number of rotatable bonds is 2. The number of imidazole rings is 1. The van der Waals surface area contributed by atoms with Crippen molar-refractivity contribution >= 4 is 29.3 Å². The molecule has 0 saturated carbocycles. The normalized spacial score (nSPS) is 13.8. The van der Waals surface area contributed by atoms with E-state index in [-0.39, 0.29) is 6.09 Å². The fraction of sp³-hybridized carbons (Fsp3) is 0.375. The molecule has 23 heavy (non-hydrogen) atoms. The van der Waals surface area contributed by atoms with E-state index in [2.05, 4.69) is 9.55 Å². The van der Waals surface area contributed by atoms with E-state index in [0.29, 0.717) is 29.7 Å². The van der Waals surface area contributed by atoms with Crippen LogP contribution in [0.1, 0.15) is 22.8 Å². The van der Waals surface area contributed by atoms with E-state index in [0.717, 1.165) is 29.2 Å². The van der Waals surface area contributed by atoms with Crippen LogP contribution in [0.3, 0.4) is 0 Å². The Morgan fingerprint density at radius 3 is 2.91 bits per heavy atom. The maximum Gasteiger partial charge on any atom is 0.409 e. The third-order valence-corrected chi connectivity index (χ3v) is 4.68. The zero-order valence-corrected chi connectivity index (χ0v) is 14.5. The highest BCUT2D eigenvalue weighted by Gasteiger charge is 2.26. The molecule has 1 amide bonds. The number of benzene rings is 1. The third-order valence-electron chi connectivity index (χ3n) is 4.07. The summed E-state index contributed by atoms with van der Waals surface area (Å²) in [5.41, 5.74) is 2.98. The number of fused-ring (bicyclic) bond motifs is 1. The largest absolute Gasteiger partial charge is 0.453 e. The van der Waals surface area contributed by atoms with Gasteiger partial charge in [0.05, 0.1) is 31.6 Å². The first-order valence-electron chi connectivity index (χ1n) is 7.31. The highest BCUT2D eigenvalue weighted by atomic mass is 35.5. The molecule has 0 saturated heterocycles. The summed E-state index contributed by atoms with van der Waals surface area (Å²) < 4.78 is 6.91. The number of methoxy groups -OCH3 is 1. The lowest BCUT2D eigenvalue weighted by Gasteiger charge is -2.26. The van der Waals surface area contributed by atoms with Gasteiger partial charge < -0.3 is 14.2 Å². The SMILES string of the molecule is COC(=O)N1CCc2nc(C)n(Cc3cc(Cl)ccc3Cl)c2C1. The number of carbonyl (C=O) groups is 1. The van der Waals surface area contributed by atoms with E-state index in [9.17, 15) is 4.79 Å². The molecular formula is C16H17Cl2N3O2. The summed E-state index contributed by atoms with van der Waals surface area (Å²) in [5, 5.41) is 1.31. The molecular weight excluding hydrogens is 337 g/mol. The Morgan fingerprint density at radius 1 is 1.39 bits per heavy atom. The number of nitrogens with zero attached hydrogens (tertiary/aromatic N) is 3. The van der Waals surface area contributed by atoms with Crippen molar-refractivity contribution in [2.45, 2.75) is 26.4 Å². The Morgan fingerprint density at radius 2 is 2.17 bits per heavy atom. The molecule has 0 spiro atoms. The Labute approximate surface area is 144 Å². The molecule has 0 N–H and O–H groups in total. The molecule has 1 aromatic carbocycles. The average molecular weight is 354 g/mol. The van der Waals surface area contributed by atoms with Crippen LogP contribution in [0.15, 0.2) is 18.2 Å². The summed E-state index contributed by atoms with van der Waals surface area (Å²) >= 11 is 12.3. The second-order valence-electron chi connectivity index (χ2n) is 5.52. The van der Waals surface area contributed by atoms with Gasteiger partial charge in [0.1, 0.15) is 5.82 Å². The van der Waals surface area contributed by atoms with Gasteiger partial charge in [-0.25, -0.2) is 9.78 Å². The maximum absolute atomic E-state index is 11.8. The lowest BCUT2D eigenvalue weighted by Crippen LogP contribution is -2.36. The van der Waals surface area contributed by atoms with Gasteiger partial charge in [0.2, 0.25) is 0 Å². The van der Waals surface area contributed by atoms with E-state index in [1.54, 1.807) is 17.0 Å². The Bertz CT molecular complexity index is 758. The molecule has 122 valence electrons. The number of aromatic nitrogens is 2. The van der Waals surface area contributed by atoms with Crippen LogP contribution in [-0.4, -0.2) is 34.2 Å². The fourth-order valence-corrected chi connectivity index (χ4v) is 3.25. The standard InChI is InChI=1S/C16H17Cl2N3O2/c1-10-19-14-5-6-20(16(22)23-2)9-15(14)21(10)8-11-7-12(17)3-4-13(11)18/h3-4,7H,5-6,8-9H2,1-2H3. The Kier molecular flexibility index (Phi) is 4.50. The van der Waals surface area contributed by atoms with Crippen LogP contribution in [0, 0.1) is 6.92 Å². The monoisotopic (exact) mass is 353 g/mol. The minimum absolute atomic E-state index is 0.318. The van der Waals surface area contributed by atoms with Gasteiger partial charge in [0, 0.05) is 23.0 Å². The van der Waals surface area contributed by atoms with Crippen molar-refractivity contribution in [1.29, 1.82) is 0 Å². The minimum atomic E-state index is -0.318. The fourth-order valence-electron chi connectivity index (χ4n) is 2.88. The minimum Gasteiger partial charge on any atom is -0.453 e.